The number of pyridine rings is 1. The number of nitrogens with zero attached hydrogens (tertiary/aromatic N) is 3. The Morgan fingerprint density at radius 2 is 2.00 bits per heavy atom. The molecule has 3 heterocycles. The Bertz CT molecular complexity index is 685. The molecule has 0 N–H and O–H groups in total. The minimum Gasteiger partial charge on any atom is -0.381 e. The number of fused-ring (bicyclic) bond motifs is 1. The van der Waals surface area contributed by atoms with Gasteiger partial charge in [0.2, 0.25) is 0 Å². The molecule has 4 nitrogen and oxygen atoms in total. The van der Waals surface area contributed by atoms with Crippen LogP contribution in [-0.4, -0.2) is 42.5 Å². The summed E-state index contributed by atoms with van der Waals surface area (Å²) in [5, 5.41) is 4.89. The van der Waals surface area contributed by atoms with E-state index >= 15 is 0 Å². The number of aromatic nitrogens is 2. The maximum atomic E-state index is 5.65. The van der Waals surface area contributed by atoms with Gasteiger partial charge in [0, 0.05) is 25.0 Å². The maximum Gasteiger partial charge on any atom is 0.182 e. The molecule has 4 rings (SSSR count). The highest BCUT2D eigenvalue weighted by Gasteiger charge is 2.44. The lowest BCUT2D eigenvalue weighted by molar-refractivity contribution is 0.0436. The summed E-state index contributed by atoms with van der Waals surface area (Å²) in [7, 11) is 2.46. The largest absolute Gasteiger partial charge is 0.381 e. The van der Waals surface area contributed by atoms with Crippen molar-refractivity contribution in [2.24, 2.45) is 5.92 Å². The first-order chi connectivity index (χ1) is 11.2. The van der Waals surface area contributed by atoms with Crippen molar-refractivity contribution in [3.05, 3.63) is 30.1 Å². The SMILES string of the molecule is CCc1nn2ccccc2c1[N+](C)(CC1CC1)C1CCOCC1. The summed E-state index contributed by atoms with van der Waals surface area (Å²) in [5.74, 6) is 0.895. The molecule has 0 radical (unpaired) electrons. The molecule has 1 atom stereocenters. The van der Waals surface area contributed by atoms with E-state index in [-0.39, 0.29) is 0 Å². The second kappa shape index (κ2) is 5.91. The average molecular weight is 314 g/mol. The molecular weight excluding hydrogens is 286 g/mol. The van der Waals surface area contributed by atoms with Crippen molar-refractivity contribution in [1.29, 1.82) is 0 Å². The minimum absolute atomic E-state index is 0.655. The molecular formula is C19H28N3O+. The molecule has 2 fully saturated rings. The summed E-state index contributed by atoms with van der Waals surface area (Å²) < 4.78 is 8.77. The van der Waals surface area contributed by atoms with Gasteiger partial charge in [-0.1, -0.05) is 13.0 Å². The summed E-state index contributed by atoms with van der Waals surface area (Å²) in [6, 6.07) is 7.11. The van der Waals surface area contributed by atoms with Gasteiger partial charge in [-0.25, -0.2) is 4.52 Å². The van der Waals surface area contributed by atoms with Crippen LogP contribution in [0, 0.1) is 5.92 Å². The van der Waals surface area contributed by atoms with Gasteiger partial charge in [-0.3, -0.25) is 4.48 Å². The number of quaternary nitrogens is 1. The third kappa shape index (κ3) is 2.68. The predicted octanol–water partition coefficient (Wildman–Crippen LogP) is 3.42. The fraction of sp³-hybridized carbons (Fsp3) is 0.632. The third-order valence-electron chi connectivity index (χ3n) is 5.76. The highest BCUT2D eigenvalue weighted by atomic mass is 16.5. The molecule has 1 aliphatic carbocycles. The standard InChI is InChI=1S/C19H28N3O/c1-3-17-19(18-6-4-5-11-21(18)20-17)22(2,14-15-7-8-15)16-9-12-23-13-10-16/h4-6,11,15-16H,3,7-10,12-14H2,1-2H3/q+1. The molecule has 2 aromatic heterocycles. The van der Waals surface area contributed by atoms with Crippen LogP contribution in [0.5, 0.6) is 0 Å². The predicted molar refractivity (Wildman–Crippen MR) is 93.7 cm³/mol. The summed E-state index contributed by atoms with van der Waals surface area (Å²) in [6.45, 7) is 5.30. The van der Waals surface area contributed by atoms with Crippen LogP contribution >= 0.6 is 0 Å². The normalized spacial score (nSPS) is 22.3. The third-order valence-corrected chi connectivity index (χ3v) is 5.76. The van der Waals surface area contributed by atoms with Gasteiger partial charge in [0.1, 0.15) is 11.2 Å². The number of ether oxygens (including phenoxy) is 1. The van der Waals surface area contributed by atoms with Crippen LogP contribution in [0.15, 0.2) is 24.4 Å². The Morgan fingerprint density at radius 3 is 2.70 bits per heavy atom. The summed E-state index contributed by atoms with van der Waals surface area (Å²) in [4.78, 5) is 0. The first kappa shape index (κ1) is 15.2. The highest BCUT2D eigenvalue weighted by Crippen LogP contribution is 2.41. The molecule has 0 spiro atoms. The molecule has 23 heavy (non-hydrogen) atoms. The van der Waals surface area contributed by atoms with E-state index in [0.717, 1.165) is 42.9 Å². The lowest BCUT2D eigenvalue weighted by Crippen LogP contribution is -2.57. The zero-order valence-corrected chi connectivity index (χ0v) is 14.4. The Kier molecular flexibility index (Phi) is 3.90. The van der Waals surface area contributed by atoms with Crippen molar-refractivity contribution in [1.82, 2.24) is 14.1 Å². The van der Waals surface area contributed by atoms with Crippen molar-refractivity contribution in [3.8, 4) is 0 Å². The summed E-state index contributed by atoms with van der Waals surface area (Å²) >= 11 is 0. The molecule has 0 bridgehead atoms. The van der Waals surface area contributed by atoms with Crippen LogP contribution in [0.1, 0.15) is 38.3 Å². The number of rotatable bonds is 5. The quantitative estimate of drug-likeness (QED) is 0.791. The fourth-order valence-electron chi connectivity index (χ4n) is 4.34. The highest BCUT2D eigenvalue weighted by molar-refractivity contribution is 5.74. The zero-order valence-electron chi connectivity index (χ0n) is 14.4. The molecule has 1 saturated heterocycles. The second-order valence-corrected chi connectivity index (χ2v) is 7.42. The van der Waals surface area contributed by atoms with Crippen LogP contribution in [0.25, 0.3) is 5.52 Å². The van der Waals surface area contributed by atoms with Gasteiger partial charge in [-0.05, 0) is 31.4 Å². The molecule has 124 valence electrons. The Morgan fingerprint density at radius 1 is 1.22 bits per heavy atom. The molecule has 0 aromatic carbocycles. The molecule has 1 aliphatic heterocycles. The number of hydrogen-bond acceptors (Lipinski definition) is 2. The van der Waals surface area contributed by atoms with Crippen molar-refractivity contribution in [3.63, 3.8) is 0 Å². The van der Waals surface area contributed by atoms with Crippen LogP contribution < -0.4 is 4.48 Å². The Labute approximate surface area is 138 Å². The van der Waals surface area contributed by atoms with Gasteiger partial charge >= 0.3 is 0 Å². The number of hydrogen-bond donors (Lipinski definition) is 0. The van der Waals surface area contributed by atoms with E-state index in [2.05, 4.69) is 42.9 Å². The zero-order chi connectivity index (χ0) is 15.9. The van der Waals surface area contributed by atoms with Crippen molar-refractivity contribution in [2.75, 3.05) is 26.8 Å². The lowest BCUT2D eigenvalue weighted by Gasteiger charge is -2.43. The maximum absolute atomic E-state index is 5.65. The van der Waals surface area contributed by atoms with E-state index in [1.807, 2.05) is 0 Å². The van der Waals surface area contributed by atoms with E-state index in [1.54, 1.807) is 0 Å². The lowest BCUT2D eigenvalue weighted by atomic mass is 10.0. The van der Waals surface area contributed by atoms with E-state index in [9.17, 15) is 0 Å². The summed E-state index contributed by atoms with van der Waals surface area (Å²) in [5.41, 5.74) is 4.02. The van der Waals surface area contributed by atoms with Crippen molar-refractivity contribution >= 4 is 11.2 Å². The van der Waals surface area contributed by atoms with Gasteiger partial charge in [0.25, 0.3) is 0 Å². The van der Waals surface area contributed by atoms with Crippen LogP contribution in [0.4, 0.5) is 5.69 Å². The molecule has 1 unspecified atom stereocenters. The van der Waals surface area contributed by atoms with Gasteiger partial charge in [-0.15, -0.1) is 0 Å². The van der Waals surface area contributed by atoms with Gasteiger partial charge in [0.15, 0.2) is 5.69 Å². The van der Waals surface area contributed by atoms with E-state index in [1.165, 1.54) is 36.3 Å². The monoisotopic (exact) mass is 314 g/mol. The van der Waals surface area contributed by atoms with E-state index < -0.39 is 0 Å². The average Bonchev–Trinajstić information content (AvgIpc) is 3.31. The topological polar surface area (TPSA) is 26.5 Å². The van der Waals surface area contributed by atoms with Crippen LogP contribution in [0.3, 0.4) is 0 Å². The second-order valence-electron chi connectivity index (χ2n) is 7.42. The van der Waals surface area contributed by atoms with Gasteiger partial charge < -0.3 is 4.74 Å². The summed E-state index contributed by atoms with van der Waals surface area (Å²) in [6.07, 6.45) is 8.21. The molecule has 2 aliphatic rings. The van der Waals surface area contributed by atoms with E-state index in [4.69, 9.17) is 9.84 Å². The minimum atomic E-state index is 0.655. The van der Waals surface area contributed by atoms with Gasteiger partial charge in [-0.2, -0.15) is 5.10 Å². The Balaban J connectivity index is 1.84. The van der Waals surface area contributed by atoms with Crippen LogP contribution in [-0.2, 0) is 11.2 Å². The molecule has 2 aromatic rings. The fourth-order valence-corrected chi connectivity index (χ4v) is 4.34. The Hall–Kier alpha value is -1.39. The molecule has 1 saturated carbocycles. The van der Waals surface area contributed by atoms with E-state index in [0.29, 0.717) is 6.04 Å². The first-order valence-electron chi connectivity index (χ1n) is 9.12. The van der Waals surface area contributed by atoms with Crippen molar-refractivity contribution in [2.45, 2.75) is 45.1 Å². The van der Waals surface area contributed by atoms with Crippen molar-refractivity contribution < 1.29 is 4.74 Å². The molecule has 0 amide bonds. The van der Waals surface area contributed by atoms with Gasteiger partial charge in [0.05, 0.1) is 32.8 Å². The first-order valence-corrected chi connectivity index (χ1v) is 9.12. The van der Waals surface area contributed by atoms with Crippen LogP contribution in [0.2, 0.25) is 0 Å². The molecule has 4 heteroatoms. The number of aryl methyl sites for hydroxylation is 1. The smallest absolute Gasteiger partial charge is 0.182 e.